The van der Waals surface area contributed by atoms with Crippen molar-refractivity contribution in [3.05, 3.63) is 83.9 Å². The van der Waals surface area contributed by atoms with Gasteiger partial charge in [-0.2, -0.15) is 4.31 Å². The van der Waals surface area contributed by atoms with Gasteiger partial charge in [-0.3, -0.25) is 5.32 Å². The van der Waals surface area contributed by atoms with E-state index in [1.165, 1.54) is 16.4 Å². The van der Waals surface area contributed by atoms with Crippen molar-refractivity contribution in [3.8, 4) is 11.1 Å². The molecule has 3 aromatic carbocycles. The van der Waals surface area contributed by atoms with Gasteiger partial charge in [0, 0.05) is 31.3 Å². The van der Waals surface area contributed by atoms with Gasteiger partial charge in [-0.25, -0.2) is 13.2 Å². The van der Waals surface area contributed by atoms with E-state index in [2.05, 4.69) is 29.6 Å². The fourth-order valence-electron chi connectivity index (χ4n) is 4.97. The Hall–Kier alpha value is -3.20. The molecule has 0 spiro atoms. The summed E-state index contributed by atoms with van der Waals surface area (Å²) in [6.07, 6.45) is 0.631. The third kappa shape index (κ3) is 4.69. The third-order valence-electron chi connectivity index (χ3n) is 6.89. The predicted molar refractivity (Wildman–Crippen MR) is 134 cm³/mol. The SMILES string of the molecule is O=C(Nc1cccc(S(=O)(=O)N2CCC(CO)CC2)c1)OCC1c2ccccc2-c2ccccc21. The molecular formula is C27H28N2O5S. The molecule has 2 N–H and O–H groups in total. The topological polar surface area (TPSA) is 95.9 Å². The largest absolute Gasteiger partial charge is 0.448 e. The molecule has 182 valence electrons. The number of hydrogen-bond acceptors (Lipinski definition) is 5. The van der Waals surface area contributed by atoms with Crippen molar-refractivity contribution in [2.75, 3.05) is 31.6 Å². The Labute approximate surface area is 205 Å². The smallest absolute Gasteiger partial charge is 0.411 e. The number of fused-ring (bicyclic) bond motifs is 3. The Morgan fingerprint density at radius 3 is 2.20 bits per heavy atom. The number of hydrogen-bond donors (Lipinski definition) is 2. The van der Waals surface area contributed by atoms with Crippen LogP contribution in [0.2, 0.25) is 0 Å². The molecule has 1 heterocycles. The van der Waals surface area contributed by atoms with Crippen molar-refractivity contribution in [2.45, 2.75) is 23.7 Å². The number of carbonyl (C=O) groups is 1. The van der Waals surface area contributed by atoms with Crippen LogP contribution in [-0.2, 0) is 14.8 Å². The molecule has 8 heteroatoms. The van der Waals surface area contributed by atoms with Crippen molar-refractivity contribution < 1.29 is 23.1 Å². The van der Waals surface area contributed by atoms with Gasteiger partial charge >= 0.3 is 6.09 Å². The van der Waals surface area contributed by atoms with E-state index in [9.17, 15) is 18.3 Å². The van der Waals surface area contributed by atoms with Gasteiger partial charge in [-0.1, -0.05) is 54.6 Å². The van der Waals surface area contributed by atoms with Crippen LogP contribution in [-0.4, -0.2) is 50.2 Å². The summed E-state index contributed by atoms with van der Waals surface area (Å²) in [4.78, 5) is 12.7. The summed E-state index contributed by atoms with van der Waals surface area (Å²) in [5, 5.41) is 12.0. The van der Waals surface area contributed by atoms with Crippen molar-refractivity contribution in [3.63, 3.8) is 0 Å². The molecule has 1 amide bonds. The van der Waals surface area contributed by atoms with Gasteiger partial charge in [0.2, 0.25) is 10.0 Å². The molecule has 0 aromatic heterocycles. The van der Waals surface area contributed by atoms with Crippen molar-refractivity contribution in [1.29, 1.82) is 0 Å². The molecule has 1 aliphatic carbocycles. The molecule has 0 unspecified atom stereocenters. The lowest BCUT2D eigenvalue weighted by Crippen LogP contribution is -2.39. The van der Waals surface area contributed by atoms with E-state index < -0.39 is 16.1 Å². The Bertz CT molecular complexity index is 1290. The molecule has 2 aliphatic rings. The fraction of sp³-hybridized carbons (Fsp3) is 0.296. The molecule has 1 aliphatic heterocycles. The Morgan fingerprint density at radius 2 is 1.57 bits per heavy atom. The number of sulfonamides is 1. The first kappa shape index (κ1) is 23.5. The minimum Gasteiger partial charge on any atom is -0.448 e. The second-order valence-electron chi connectivity index (χ2n) is 9.01. The normalized spacial score (nSPS) is 16.5. The van der Waals surface area contributed by atoms with E-state index >= 15 is 0 Å². The summed E-state index contributed by atoms with van der Waals surface area (Å²) in [6.45, 7) is 1.00. The van der Waals surface area contributed by atoms with Crippen LogP contribution < -0.4 is 5.32 Å². The number of nitrogens with zero attached hydrogens (tertiary/aromatic N) is 1. The van der Waals surface area contributed by atoms with Crippen LogP contribution in [0.15, 0.2) is 77.7 Å². The minimum absolute atomic E-state index is 0.0540. The van der Waals surface area contributed by atoms with Gasteiger partial charge in [0.15, 0.2) is 0 Å². The fourth-order valence-corrected chi connectivity index (χ4v) is 6.48. The number of aliphatic hydroxyl groups is 1. The van der Waals surface area contributed by atoms with E-state index in [1.54, 1.807) is 12.1 Å². The number of ether oxygens (including phenoxy) is 1. The predicted octanol–water partition coefficient (Wildman–Crippen LogP) is 4.44. The number of nitrogens with one attached hydrogen (secondary N) is 1. The van der Waals surface area contributed by atoms with Crippen molar-refractivity contribution >= 4 is 21.8 Å². The van der Waals surface area contributed by atoms with E-state index in [-0.39, 0.29) is 29.9 Å². The Balaban J connectivity index is 1.25. The monoisotopic (exact) mass is 492 g/mol. The summed E-state index contributed by atoms with van der Waals surface area (Å²) < 4.78 is 33.2. The zero-order valence-electron chi connectivity index (χ0n) is 19.3. The zero-order chi connectivity index (χ0) is 24.4. The first-order chi connectivity index (χ1) is 17.0. The molecule has 0 atom stereocenters. The van der Waals surface area contributed by atoms with Crippen molar-refractivity contribution in [2.24, 2.45) is 5.92 Å². The van der Waals surface area contributed by atoms with Crippen LogP contribution in [0.4, 0.5) is 10.5 Å². The minimum atomic E-state index is -3.68. The Morgan fingerprint density at radius 1 is 0.943 bits per heavy atom. The second-order valence-corrected chi connectivity index (χ2v) is 10.9. The van der Waals surface area contributed by atoms with Gasteiger partial charge in [-0.05, 0) is 59.2 Å². The summed E-state index contributed by atoms with van der Waals surface area (Å²) in [6, 6.07) is 22.4. The molecule has 0 bridgehead atoms. The lowest BCUT2D eigenvalue weighted by molar-refractivity contribution is 0.158. The van der Waals surface area contributed by atoms with E-state index in [0.29, 0.717) is 31.6 Å². The number of anilines is 1. The molecule has 35 heavy (non-hydrogen) atoms. The molecule has 7 nitrogen and oxygen atoms in total. The molecule has 3 aromatic rings. The van der Waals surface area contributed by atoms with Crippen LogP contribution in [0.5, 0.6) is 0 Å². The van der Waals surface area contributed by atoms with Crippen LogP contribution >= 0.6 is 0 Å². The highest BCUT2D eigenvalue weighted by atomic mass is 32.2. The summed E-state index contributed by atoms with van der Waals surface area (Å²) in [5.41, 5.74) is 4.91. The zero-order valence-corrected chi connectivity index (χ0v) is 20.1. The summed E-state index contributed by atoms with van der Waals surface area (Å²) in [7, 11) is -3.68. The number of carbonyl (C=O) groups excluding carboxylic acids is 1. The van der Waals surface area contributed by atoms with Crippen LogP contribution in [0, 0.1) is 5.92 Å². The molecule has 1 saturated heterocycles. The number of rotatable bonds is 6. The third-order valence-corrected chi connectivity index (χ3v) is 8.79. The van der Waals surface area contributed by atoms with Gasteiger partial charge in [0.05, 0.1) is 4.90 Å². The summed E-state index contributed by atoms with van der Waals surface area (Å²) >= 11 is 0. The maximum Gasteiger partial charge on any atom is 0.411 e. The second kappa shape index (κ2) is 9.81. The lowest BCUT2D eigenvalue weighted by atomic mass is 9.98. The first-order valence-corrected chi connectivity index (χ1v) is 13.2. The molecular weight excluding hydrogens is 464 g/mol. The van der Waals surface area contributed by atoms with Crippen LogP contribution in [0.3, 0.4) is 0 Å². The van der Waals surface area contributed by atoms with E-state index in [4.69, 9.17) is 4.74 Å². The lowest BCUT2D eigenvalue weighted by Gasteiger charge is -2.30. The number of benzene rings is 3. The van der Waals surface area contributed by atoms with E-state index in [1.807, 2.05) is 24.3 Å². The number of aliphatic hydroxyl groups excluding tert-OH is 1. The summed E-state index contributed by atoms with van der Waals surface area (Å²) in [5.74, 6) is 0.0877. The molecule has 5 rings (SSSR count). The highest BCUT2D eigenvalue weighted by molar-refractivity contribution is 7.89. The first-order valence-electron chi connectivity index (χ1n) is 11.8. The van der Waals surface area contributed by atoms with E-state index in [0.717, 1.165) is 22.3 Å². The van der Waals surface area contributed by atoms with Crippen LogP contribution in [0.1, 0.15) is 29.9 Å². The molecule has 0 radical (unpaired) electrons. The highest BCUT2D eigenvalue weighted by Crippen LogP contribution is 2.44. The highest BCUT2D eigenvalue weighted by Gasteiger charge is 2.30. The van der Waals surface area contributed by atoms with Gasteiger partial charge < -0.3 is 9.84 Å². The number of piperidine rings is 1. The van der Waals surface area contributed by atoms with Gasteiger partial charge in [-0.15, -0.1) is 0 Å². The van der Waals surface area contributed by atoms with Crippen molar-refractivity contribution in [1.82, 2.24) is 4.31 Å². The van der Waals surface area contributed by atoms with Gasteiger partial charge in [0.25, 0.3) is 0 Å². The van der Waals surface area contributed by atoms with Gasteiger partial charge in [0.1, 0.15) is 6.61 Å². The quantitative estimate of drug-likeness (QED) is 0.530. The van der Waals surface area contributed by atoms with Crippen LogP contribution in [0.25, 0.3) is 11.1 Å². The Kier molecular flexibility index (Phi) is 6.60. The maximum atomic E-state index is 13.1. The maximum absolute atomic E-state index is 13.1. The average Bonchev–Trinajstić information content (AvgIpc) is 3.21. The molecule has 0 saturated carbocycles. The standard InChI is InChI=1S/C27H28N2O5S/c30-17-19-12-14-29(15-13-19)35(32,33)21-7-5-6-20(16-21)28-27(31)34-18-26-24-10-3-1-8-22(24)23-9-2-4-11-25(23)26/h1-11,16,19,26,30H,12-15,17-18H2,(H,28,31). The average molecular weight is 493 g/mol. The number of amides is 1. The molecule has 1 fully saturated rings.